The van der Waals surface area contributed by atoms with Crippen molar-refractivity contribution in [1.29, 1.82) is 0 Å². The van der Waals surface area contributed by atoms with E-state index in [9.17, 15) is 9.18 Å². The molecule has 150 valence electrons. The maximum Gasteiger partial charge on any atom is 0.321 e. The number of nitrogens with zero attached hydrogens (tertiary/aromatic N) is 2. The van der Waals surface area contributed by atoms with Gasteiger partial charge in [-0.15, -0.1) is 0 Å². The Balaban J connectivity index is 1.45. The Kier molecular flexibility index (Phi) is 6.71. The molecule has 1 saturated heterocycles. The largest absolute Gasteiger partial charge is 0.493 e. The monoisotopic (exact) mass is 387 g/mol. The van der Waals surface area contributed by atoms with Crippen LogP contribution in [-0.2, 0) is 6.42 Å². The number of nitrogens with one attached hydrogen (secondary N) is 1. The van der Waals surface area contributed by atoms with E-state index in [1.54, 1.807) is 31.3 Å². The van der Waals surface area contributed by atoms with Crippen LogP contribution < -0.4 is 14.8 Å². The van der Waals surface area contributed by atoms with E-state index < -0.39 is 0 Å². The molecule has 2 amide bonds. The summed E-state index contributed by atoms with van der Waals surface area (Å²) < 4.78 is 23.6. The summed E-state index contributed by atoms with van der Waals surface area (Å²) in [6.45, 7) is 3.90. The van der Waals surface area contributed by atoms with Crippen LogP contribution in [0.2, 0.25) is 0 Å². The van der Waals surface area contributed by atoms with Crippen molar-refractivity contribution >= 4 is 11.7 Å². The van der Waals surface area contributed by atoms with E-state index in [-0.39, 0.29) is 11.8 Å². The Morgan fingerprint density at radius 3 is 2.32 bits per heavy atom. The number of carbonyl (C=O) groups excluding carboxylic acids is 1. The minimum absolute atomic E-state index is 0.147. The normalized spacial score (nSPS) is 14.6. The average Bonchev–Trinajstić information content (AvgIpc) is 2.74. The predicted molar refractivity (Wildman–Crippen MR) is 107 cm³/mol. The molecule has 6 nitrogen and oxygen atoms in total. The van der Waals surface area contributed by atoms with Gasteiger partial charge in [-0.05, 0) is 48.4 Å². The Morgan fingerprint density at radius 2 is 1.68 bits per heavy atom. The smallest absolute Gasteiger partial charge is 0.321 e. The number of halogens is 1. The van der Waals surface area contributed by atoms with Crippen LogP contribution in [-0.4, -0.2) is 62.8 Å². The van der Waals surface area contributed by atoms with Crippen LogP contribution >= 0.6 is 0 Å². The zero-order chi connectivity index (χ0) is 19.9. The molecule has 0 aromatic heterocycles. The first-order valence-electron chi connectivity index (χ1n) is 9.34. The maximum absolute atomic E-state index is 13.0. The fourth-order valence-electron chi connectivity index (χ4n) is 3.23. The first-order chi connectivity index (χ1) is 13.6. The summed E-state index contributed by atoms with van der Waals surface area (Å²) in [7, 11) is 3.26. The molecule has 7 heteroatoms. The van der Waals surface area contributed by atoms with E-state index in [2.05, 4.69) is 10.2 Å². The third-order valence-corrected chi connectivity index (χ3v) is 4.92. The van der Waals surface area contributed by atoms with Gasteiger partial charge in [0.1, 0.15) is 5.82 Å². The molecule has 1 aliphatic rings. The number of carbonyl (C=O) groups is 1. The molecule has 0 atom stereocenters. The standard InChI is InChI=1S/C21H26FN3O3/c1-27-19-8-3-16(15-20(19)28-2)9-10-24-11-13-25(14-12-24)21(26)23-18-6-4-17(22)5-7-18/h3-8,15H,9-14H2,1-2H3,(H,23,26). The number of ether oxygens (including phenoxy) is 2. The minimum atomic E-state index is -0.318. The second-order valence-electron chi connectivity index (χ2n) is 6.71. The molecule has 1 aliphatic heterocycles. The van der Waals surface area contributed by atoms with Crippen molar-refractivity contribution < 1.29 is 18.7 Å². The lowest BCUT2D eigenvalue weighted by atomic mass is 10.1. The maximum atomic E-state index is 13.0. The van der Waals surface area contributed by atoms with E-state index >= 15 is 0 Å². The molecule has 28 heavy (non-hydrogen) atoms. The molecule has 3 rings (SSSR count). The highest BCUT2D eigenvalue weighted by Crippen LogP contribution is 2.27. The Labute approximate surface area is 164 Å². The lowest BCUT2D eigenvalue weighted by Crippen LogP contribution is -2.50. The molecule has 0 bridgehead atoms. The third-order valence-electron chi connectivity index (χ3n) is 4.92. The van der Waals surface area contributed by atoms with Crippen molar-refractivity contribution in [3.8, 4) is 11.5 Å². The quantitative estimate of drug-likeness (QED) is 0.827. The number of methoxy groups -OCH3 is 2. The van der Waals surface area contributed by atoms with Crippen molar-refractivity contribution in [1.82, 2.24) is 9.80 Å². The summed E-state index contributed by atoms with van der Waals surface area (Å²) in [4.78, 5) is 16.5. The van der Waals surface area contributed by atoms with Crippen molar-refractivity contribution in [3.05, 3.63) is 53.8 Å². The lowest BCUT2D eigenvalue weighted by molar-refractivity contribution is 0.148. The highest BCUT2D eigenvalue weighted by molar-refractivity contribution is 5.89. The summed E-state index contributed by atoms with van der Waals surface area (Å²) in [5, 5.41) is 2.81. The summed E-state index contributed by atoms with van der Waals surface area (Å²) >= 11 is 0. The lowest BCUT2D eigenvalue weighted by Gasteiger charge is -2.34. The molecule has 1 heterocycles. The Morgan fingerprint density at radius 1 is 1.00 bits per heavy atom. The first-order valence-corrected chi connectivity index (χ1v) is 9.34. The highest BCUT2D eigenvalue weighted by Gasteiger charge is 2.21. The van der Waals surface area contributed by atoms with E-state index in [4.69, 9.17) is 9.47 Å². The topological polar surface area (TPSA) is 54.0 Å². The van der Waals surface area contributed by atoms with Crippen molar-refractivity contribution in [2.24, 2.45) is 0 Å². The van der Waals surface area contributed by atoms with E-state index in [1.807, 2.05) is 18.2 Å². The molecule has 0 aliphatic carbocycles. The molecule has 0 saturated carbocycles. The second-order valence-corrected chi connectivity index (χ2v) is 6.71. The zero-order valence-corrected chi connectivity index (χ0v) is 16.3. The molecule has 1 N–H and O–H groups in total. The number of hydrogen-bond donors (Lipinski definition) is 1. The fraction of sp³-hybridized carbons (Fsp3) is 0.381. The fourth-order valence-corrected chi connectivity index (χ4v) is 3.23. The summed E-state index contributed by atoms with van der Waals surface area (Å²) in [6, 6.07) is 11.6. The Hall–Kier alpha value is -2.80. The molecule has 2 aromatic carbocycles. The van der Waals surface area contributed by atoms with Gasteiger partial charge in [0.05, 0.1) is 14.2 Å². The number of amides is 2. The van der Waals surface area contributed by atoms with Crippen molar-refractivity contribution in [3.63, 3.8) is 0 Å². The van der Waals surface area contributed by atoms with Gasteiger partial charge in [0.25, 0.3) is 0 Å². The molecular formula is C21H26FN3O3. The summed E-state index contributed by atoms with van der Waals surface area (Å²) in [5.41, 5.74) is 1.79. The number of urea groups is 1. The number of benzene rings is 2. The van der Waals surface area contributed by atoms with Crippen LogP contribution in [0.3, 0.4) is 0 Å². The number of rotatable bonds is 6. The second kappa shape index (κ2) is 9.41. The zero-order valence-electron chi connectivity index (χ0n) is 16.3. The number of piperazine rings is 1. The molecule has 0 spiro atoms. The van der Waals surface area contributed by atoms with Crippen LogP contribution in [0.15, 0.2) is 42.5 Å². The van der Waals surface area contributed by atoms with Gasteiger partial charge in [-0.1, -0.05) is 6.07 Å². The van der Waals surface area contributed by atoms with Gasteiger partial charge in [0, 0.05) is 38.4 Å². The van der Waals surface area contributed by atoms with Crippen molar-refractivity contribution in [2.75, 3.05) is 52.3 Å². The minimum Gasteiger partial charge on any atom is -0.493 e. The van der Waals surface area contributed by atoms with Gasteiger partial charge in [-0.25, -0.2) is 9.18 Å². The van der Waals surface area contributed by atoms with Gasteiger partial charge < -0.3 is 19.7 Å². The summed E-state index contributed by atoms with van der Waals surface area (Å²) in [6.07, 6.45) is 0.905. The number of hydrogen-bond acceptors (Lipinski definition) is 4. The first kappa shape index (κ1) is 19.9. The highest BCUT2D eigenvalue weighted by atomic mass is 19.1. The van der Waals surface area contributed by atoms with Crippen LogP contribution in [0.4, 0.5) is 14.9 Å². The van der Waals surface area contributed by atoms with Gasteiger partial charge >= 0.3 is 6.03 Å². The van der Waals surface area contributed by atoms with E-state index in [0.29, 0.717) is 18.8 Å². The van der Waals surface area contributed by atoms with Gasteiger partial charge in [0.2, 0.25) is 0 Å². The van der Waals surface area contributed by atoms with Crippen LogP contribution in [0.5, 0.6) is 11.5 Å². The van der Waals surface area contributed by atoms with Crippen LogP contribution in [0.25, 0.3) is 0 Å². The van der Waals surface area contributed by atoms with E-state index in [0.717, 1.165) is 37.6 Å². The van der Waals surface area contributed by atoms with Crippen molar-refractivity contribution in [2.45, 2.75) is 6.42 Å². The molecule has 0 unspecified atom stereocenters. The molecular weight excluding hydrogens is 361 g/mol. The van der Waals surface area contributed by atoms with Crippen LogP contribution in [0.1, 0.15) is 5.56 Å². The summed E-state index contributed by atoms with van der Waals surface area (Å²) in [5.74, 6) is 1.15. The Bertz CT molecular complexity index is 790. The van der Waals surface area contributed by atoms with E-state index in [1.165, 1.54) is 17.7 Å². The molecule has 0 radical (unpaired) electrons. The SMILES string of the molecule is COc1ccc(CCN2CCN(C(=O)Nc3ccc(F)cc3)CC2)cc1OC. The van der Waals surface area contributed by atoms with Gasteiger partial charge in [-0.3, -0.25) is 4.90 Å². The van der Waals surface area contributed by atoms with Gasteiger partial charge in [0.15, 0.2) is 11.5 Å². The predicted octanol–water partition coefficient (Wildman–Crippen LogP) is 3.24. The van der Waals surface area contributed by atoms with Gasteiger partial charge in [-0.2, -0.15) is 0 Å². The number of anilines is 1. The molecule has 2 aromatic rings. The van der Waals surface area contributed by atoms with Crippen LogP contribution in [0, 0.1) is 5.82 Å². The molecule has 1 fully saturated rings. The third kappa shape index (κ3) is 5.13. The average molecular weight is 387 g/mol.